The minimum Gasteiger partial charge on any atom is -0.495 e. The van der Waals surface area contributed by atoms with Crippen LogP contribution in [0, 0.1) is 20.8 Å². The largest absolute Gasteiger partial charge is 0.495 e. The van der Waals surface area contributed by atoms with Gasteiger partial charge in [-0.15, -0.1) is 0 Å². The molecule has 0 bridgehead atoms. The van der Waals surface area contributed by atoms with Gasteiger partial charge in [-0.2, -0.15) is 0 Å². The minimum atomic E-state index is -3.93. The number of aromatic nitrogens is 1. The maximum atomic E-state index is 13.0. The van der Waals surface area contributed by atoms with E-state index in [1.54, 1.807) is 37.3 Å². The van der Waals surface area contributed by atoms with Crippen LogP contribution < -0.4 is 9.46 Å². The molecule has 0 aliphatic heterocycles. The van der Waals surface area contributed by atoms with Crippen LogP contribution in [0.1, 0.15) is 16.8 Å². The predicted molar refractivity (Wildman–Crippen MR) is 105 cm³/mol. The number of methoxy groups -OCH3 is 1. The van der Waals surface area contributed by atoms with Gasteiger partial charge in [0, 0.05) is 16.1 Å². The highest BCUT2D eigenvalue weighted by Crippen LogP contribution is 2.34. The number of anilines is 1. The van der Waals surface area contributed by atoms with E-state index in [9.17, 15) is 8.42 Å². The van der Waals surface area contributed by atoms with Crippen LogP contribution in [0.2, 0.25) is 5.02 Å². The van der Waals surface area contributed by atoms with Crippen LogP contribution in [0.5, 0.6) is 5.75 Å². The zero-order chi connectivity index (χ0) is 19.8. The molecule has 142 valence electrons. The van der Waals surface area contributed by atoms with Crippen molar-refractivity contribution in [3.8, 4) is 17.1 Å². The SMILES string of the molecule is COc1ccc(-c2onc(C)c2C)cc1S(=O)(=O)Nc1cccc(Cl)c1C. The first kappa shape index (κ1) is 19.3. The summed E-state index contributed by atoms with van der Waals surface area (Å²) in [6.07, 6.45) is 0. The lowest BCUT2D eigenvalue weighted by Crippen LogP contribution is -2.15. The normalized spacial score (nSPS) is 11.4. The molecule has 3 rings (SSSR count). The van der Waals surface area contributed by atoms with E-state index in [0.717, 1.165) is 11.3 Å². The predicted octanol–water partition coefficient (Wildman–Crippen LogP) is 4.73. The van der Waals surface area contributed by atoms with Crippen molar-refractivity contribution < 1.29 is 17.7 Å². The van der Waals surface area contributed by atoms with Crippen LogP contribution in [0.25, 0.3) is 11.3 Å². The number of benzene rings is 2. The minimum absolute atomic E-state index is 0.00433. The number of nitrogens with zero attached hydrogens (tertiary/aromatic N) is 1. The zero-order valence-corrected chi connectivity index (χ0v) is 16.9. The van der Waals surface area contributed by atoms with Gasteiger partial charge in [-0.1, -0.05) is 22.8 Å². The number of sulfonamides is 1. The Morgan fingerprint density at radius 1 is 1.11 bits per heavy atom. The second-order valence-electron chi connectivity index (χ2n) is 6.11. The number of hydrogen-bond acceptors (Lipinski definition) is 5. The number of nitrogens with one attached hydrogen (secondary N) is 1. The summed E-state index contributed by atoms with van der Waals surface area (Å²) in [4.78, 5) is -0.00433. The van der Waals surface area contributed by atoms with Gasteiger partial charge in [-0.3, -0.25) is 4.72 Å². The highest BCUT2D eigenvalue weighted by Gasteiger charge is 2.23. The molecule has 1 aromatic heterocycles. The topological polar surface area (TPSA) is 81.4 Å². The lowest BCUT2D eigenvalue weighted by atomic mass is 10.1. The quantitative estimate of drug-likeness (QED) is 0.662. The molecular weight excluding hydrogens is 388 g/mol. The summed E-state index contributed by atoms with van der Waals surface area (Å²) >= 11 is 6.09. The van der Waals surface area contributed by atoms with Gasteiger partial charge in [0.1, 0.15) is 10.6 Å². The van der Waals surface area contributed by atoms with Gasteiger partial charge in [0.25, 0.3) is 10.0 Å². The standard InChI is InChI=1S/C19H19ClN2O4S/c1-11-13(3)21-26-19(11)14-8-9-17(25-4)18(10-14)27(23,24)22-16-7-5-6-15(20)12(16)2/h5-10,22H,1-4H3. The average molecular weight is 407 g/mol. The van der Waals surface area contributed by atoms with E-state index in [0.29, 0.717) is 27.6 Å². The maximum Gasteiger partial charge on any atom is 0.265 e. The van der Waals surface area contributed by atoms with Gasteiger partial charge < -0.3 is 9.26 Å². The summed E-state index contributed by atoms with van der Waals surface area (Å²) in [7, 11) is -2.51. The first-order valence-electron chi connectivity index (χ1n) is 8.14. The first-order chi connectivity index (χ1) is 12.7. The summed E-state index contributed by atoms with van der Waals surface area (Å²) in [5.41, 5.74) is 3.23. The van der Waals surface area contributed by atoms with Crippen LogP contribution in [-0.4, -0.2) is 20.7 Å². The summed E-state index contributed by atoms with van der Waals surface area (Å²) in [6, 6.07) is 9.86. The van der Waals surface area contributed by atoms with Crippen LogP contribution in [-0.2, 0) is 10.0 Å². The Hall–Kier alpha value is -2.51. The molecule has 0 radical (unpaired) electrons. The maximum absolute atomic E-state index is 13.0. The molecule has 0 spiro atoms. The average Bonchev–Trinajstić information content (AvgIpc) is 2.97. The molecule has 1 N–H and O–H groups in total. The number of halogens is 1. The molecule has 0 saturated carbocycles. The van der Waals surface area contributed by atoms with Crippen molar-refractivity contribution in [2.75, 3.05) is 11.8 Å². The first-order valence-corrected chi connectivity index (χ1v) is 10.00. The van der Waals surface area contributed by atoms with Gasteiger partial charge in [0.15, 0.2) is 5.76 Å². The van der Waals surface area contributed by atoms with E-state index >= 15 is 0 Å². The molecule has 1 heterocycles. The molecule has 2 aromatic carbocycles. The van der Waals surface area contributed by atoms with Gasteiger partial charge in [-0.25, -0.2) is 8.42 Å². The third-order valence-corrected chi connectivity index (χ3v) is 6.18. The summed E-state index contributed by atoms with van der Waals surface area (Å²) in [5.74, 6) is 0.741. The van der Waals surface area contributed by atoms with Crippen molar-refractivity contribution in [1.29, 1.82) is 0 Å². The molecule has 6 nitrogen and oxygen atoms in total. The highest BCUT2D eigenvalue weighted by molar-refractivity contribution is 7.92. The lowest BCUT2D eigenvalue weighted by molar-refractivity contribution is 0.402. The number of rotatable bonds is 5. The van der Waals surface area contributed by atoms with Crippen LogP contribution in [0.3, 0.4) is 0 Å². The molecule has 0 unspecified atom stereocenters. The number of aryl methyl sites for hydroxylation is 1. The van der Waals surface area contributed by atoms with Crippen LogP contribution in [0.4, 0.5) is 5.69 Å². The molecule has 0 atom stereocenters. The zero-order valence-electron chi connectivity index (χ0n) is 15.3. The third-order valence-electron chi connectivity index (χ3n) is 4.38. The van der Waals surface area contributed by atoms with Crippen molar-refractivity contribution >= 4 is 27.3 Å². The van der Waals surface area contributed by atoms with Crippen LogP contribution >= 0.6 is 11.6 Å². The third kappa shape index (κ3) is 3.65. The summed E-state index contributed by atoms with van der Waals surface area (Å²) in [6.45, 7) is 5.44. The van der Waals surface area contributed by atoms with Gasteiger partial charge in [0.05, 0.1) is 18.5 Å². The van der Waals surface area contributed by atoms with Crippen LogP contribution in [0.15, 0.2) is 45.8 Å². The Morgan fingerprint density at radius 3 is 2.48 bits per heavy atom. The molecule has 3 aromatic rings. The molecule has 0 aliphatic rings. The highest BCUT2D eigenvalue weighted by atomic mass is 35.5. The number of hydrogen-bond donors (Lipinski definition) is 1. The fraction of sp³-hybridized carbons (Fsp3) is 0.211. The molecule has 0 amide bonds. The fourth-order valence-corrected chi connectivity index (χ4v) is 4.12. The van der Waals surface area contributed by atoms with Crippen molar-refractivity contribution in [2.24, 2.45) is 0 Å². The van der Waals surface area contributed by atoms with E-state index in [2.05, 4.69) is 9.88 Å². The van der Waals surface area contributed by atoms with Crippen molar-refractivity contribution in [3.63, 3.8) is 0 Å². The van der Waals surface area contributed by atoms with Crippen molar-refractivity contribution in [3.05, 3.63) is 58.2 Å². The molecule has 0 fully saturated rings. The Balaban J connectivity index is 2.09. The smallest absolute Gasteiger partial charge is 0.265 e. The Labute approximate surface area is 163 Å². The van der Waals surface area contributed by atoms with Gasteiger partial charge in [0.2, 0.25) is 0 Å². The van der Waals surface area contributed by atoms with E-state index in [-0.39, 0.29) is 10.6 Å². The van der Waals surface area contributed by atoms with E-state index in [4.69, 9.17) is 20.9 Å². The molecular formula is C19H19ClN2O4S. The second kappa shape index (κ2) is 7.25. The molecule has 0 saturated heterocycles. The molecule has 27 heavy (non-hydrogen) atoms. The van der Waals surface area contributed by atoms with Crippen molar-refractivity contribution in [2.45, 2.75) is 25.7 Å². The molecule has 8 heteroatoms. The summed E-state index contributed by atoms with van der Waals surface area (Å²) < 4.78 is 39.3. The number of ether oxygens (including phenoxy) is 1. The van der Waals surface area contributed by atoms with Gasteiger partial charge >= 0.3 is 0 Å². The van der Waals surface area contributed by atoms with Crippen molar-refractivity contribution in [1.82, 2.24) is 5.16 Å². The van der Waals surface area contributed by atoms with E-state index in [1.165, 1.54) is 13.2 Å². The Kier molecular flexibility index (Phi) is 5.17. The monoisotopic (exact) mass is 406 g/mol. The Bertz CT molecular complexity index is 1110. The molecule has 0 aliphatic carbocycles. The van der Waals surface area contributed by atoms with Gasteiger partial charge in [-0.05, 0) is 56.7 Å². The lowest BCUT2D eigenvalue weighted by Gasteiger charge is -2.14. The Morgan fingerprint density at radius 2 is 1.85 bits per heavy atom. The fourth-order valence-electron chi connectivity index (χ4n) is 2.63. The van der Waals surface area contributed by atoms with E-state index < -0.39 is 10.0 Å². The van der Waals surface area contributed by atoms with E-state index in [1.807, 2.05) is 13.8 Å². The summed E-state index contributed by atoms with van der Waals surface area (Å²) in [5, 5.41) is 4.41. The second-order valence-corrected chi connectivity index (χ2v) is 8.16.